The van der Waals surface area contributed by atoms with Crippen molar-refractivity contribution in [3.05, 3.63) is 65.4 Å². The molecule has 0 saturated carbocycles. The number of phenolic OH excluding ortho intramolecular Hbond substituents is 1. The number of aliphatic carboxylic acids is 1. The van der Waals surface area contributed by atoms with Gasteiger partial charge in [-0.25, -0.2) is 9.37 Å². The summed E-state index contributed by atoms with van der Waals surface area (Å²) >= 11 is 1.45. The molecule has 0 amide bonds. The lowest BCUT2D eigenvalue weighted by atomic mass is 10.1. The Morgan fingerprint density at radius 2 is 2.03 bits per heavy atom. The van der Waals surface area contributed by atoms with Crippen LogP contribution < -0.4 is 15.2 Å². The number of carboxylic acids is 1. The minimum absolute atomic E-state index is 0.0541. The van der Waals surface area contributed by atoms with Crippen LogP contribution in [-0.4, -0.2) is 57.5 Å². The van der Waals surface area contributed by atoms with E-state index >= 15 is 4.39 Å². The van der Waals surface area contributed by atoms with Gasteiger partial charge in [-0.05, 0) is 55.6 Å². The smallest absolute Gasteiger partial charge is 0.303 e. The minimum atomic E-state index is -1.25. The third-order valence-electron chi connectivity index (χ3n) is 5.69. The van der Waals surface area contributed by atoms with Crippen molar-refractivity contribution < 1.29 is 33.3 Å². The first-order chi connectivity index (χ1) is 18.6. The Morgan fingerprint density at radius 1 is 1.23 bits per heavy atom. The molecule has 2 aromatic carbocycles. The Balaban J connectivity index is 1.64. The molecule has 0 saturated heterocycles. The fourth-order valence-corrected chi connectivity index (χ4v) is 4.61. The molecule has 4 rings (SSSR count). The van der Waals surface area contributed by atoms with Crippen LogP contribution in [-0.2, 0) is 4.79 Å². The zero-order valence-corrected chi connectivity index (χ0v) is 21.5. The van der Waals surface area contributed by atoms with Crippen molar-refractivity contribution in [2.45, 2.75) is 23.9 Å². The van der Waals surface area contributed by atoms with Gasteiger partial charge in [0.15, 0.2) is 17.3 Å². The number of aromatic nitrogens is 1. The van der Waals surface area contributed by atoms with E-state index in [1.54, 1.807) is 24.4 Å². The second kappa shape index (κ2) is 12.1. The number of carbonyl (C=O) groups is 1. The number of nitrogens with zero attached hydrogens (tertiary/aromatic N) is 3. The number of thioether (sulfide) groups is 1. The number of nitrogens with one attached hydrogen (secondary N) is 1. The largest absolute Gasteiger partial charge is 0.504 e. The van der Waals surface area contributed by atoms with Crippen molar-refractivity contribution in [3.63, 3.8) is 0 Å². The number of amidine groups is 1. The van der Waals surface area contributed by atoms with Crippen LogP contribution in [0.25, 0.3) is 0 Å². The van der Waals surface area contributed by atoms with Crippen molar-refractivity contribution in [2.75, 3.05) is 19.3 Å². The Bertz CT molecular complexity index is 1440. The highest BCUT2D eigenvalue weighted by Crippen LogP contribution is 2.41. The van der Waals surface area contributed by atoms with Gasteiger partial charge in [0.05, 0.1) is 6.20 Å². The zero-order valence-electron chi connectivity index (χ0n) is 20.7. The number of benzene rings is 2. The van der Waals surface area contributed by atoms with Gasteiger partial charge in [0, 0.05) is 35.2 Å². The lowest BCUT2D eigenvalue weighted by Gasteiger charge is -2.22. The van der Waals surface area contributed by atoms with Gasteiger partial charge in [-0.3, -0.25) is 20.1 Å². The standard InChI is InChI=1S/C26H25F2N5O5S/c1-33-9-8-31-25(33)16-12-15(39-10-2-3-21(35)36)5-7-19(16)37-23-17(27)13-32-26(22(23)28)38-20-11-14(24(29)30)4-6-18(20)34/h4-8,11-13,25,34H,2-3,9-10H2,1H3,(H3,29,30)(H,35,36). The number of hydrogen-bond donors (Lipinski definition) is 4. The monoisotopic (exact) mass is 557 g/mol. The normalized spacial score (nSPS) is 14.9. The first-order valence-electron chi connectivity index (χ1n) is 11.7. The van der Waals surface area contributed by atoms with Crippen molar-refractivity contribution >= 4 is 29.8 Å². The lowest BCUT2D eigenvalue weighted by molar-refractivity contribution is -0.137. The quantitative estimate of drug-likeness (QED) is 0.111. The van der Waals surface area contributed by atoms with Crippen LogP contribution in [0.1, 0.15) is 30.1 Å². The molecular formula is C26H25F2N5O5S. The Kier molecular flexibility index (Phi) is 8.62. The average Bonchev–Trinajstić information content (AvgIpc) is 3.33. The number of pyridine rings is 1. The molecule has 2 heterocycles. The number of nitrogen functional groups attached to an aromatic ring is 1. The van der Waals surface area contributed by atoms with Crippen molar-refractivity contribution in [1.29, 1.82) is 5.41 Å². The molecule has 0 bridgehead atoms. The second-order valence-electron chi connectivity index (χ2n) is 8.54. The molecule has 5 N–H and O–H groups in total. The summed E-state index contributed by atoms with van der Waals surface area (Å²) in [6, 6.07) is 8.90. The number of ether oxygens (including phenoxy) is 2. The van der Waals surface area contributed by atoms with Gasteiger partial charge >= 0.3 is 5.97 Å². The molecule has 10 nitrogen and oxygen atoms in total. The summed E-state index contributed by atoms with van der Waals surface area (Å²) in [5.74, 6) is -4.81. The summed E-state index contributed by atoms with van der Waals surface area (Å²) in [7, 11) is 1.84. The van der Waals surface area contributed by atoms with E-state index in [9.17, 15) is 14.3 Å². The van der Waals surface area contributed by atoms with Gasteiger partial charge in [-0.15, -0.1) is 11.8 Å². The number of phenols is 1. The molecule has 39 heavy (non-hydrogen) atoms. The van der Waals surface area contributed by atoms with Gasteiger partial charge in [0.2, 0.25) is 11.6 Å². The maximum absolute atomic E-state index is 15.4. The molecule has 1 aliphatic rings. The van der Waals surface area contributed by atoms with Gasteiger partial charge in [-0.2, -0.15) is 4.39 Å². The number of nitrogens with two attached hydrogens (primary N) is 1. The van der Waals surface area contributed by atoms with E-state index in [1.165, 1.54) is 30.0 Å². The summed E-state index contributed by atoms with van der Waals surface area (Å²) in [6.07, 6.45) is 2.53. The average molecular weight is 558 g/mol. The molecule has 0 spiro atoms. The maximum atomic E-state index is 15.4. The number of rotatable bonds is 11. The van der Waals surface area contributed by atoms with Crippen molar-refractivity contribution in [1.82, 2.24) is 9.88 Å². The van der Waals surface area contributed by atoms with E-state index in [0.717, 1.165) is 11.1 Å². The van der Waals surface area contributed by atoms with E-state index < -0.39 is 35.4 Å². The van der Waals surface area contributed by atoms with E-state index in [0.29, 0.717) is 24.3 Å². The molecule has 1 unspecified atom stereocenters. The predicted molar refractivity (Wildman–Crippen MR) is 141 cm³/mol. The highest BCUT2D eigenvalue weighted by molar-refractivity contribution is 7.99. The molecule has 1 aliphatic heterocycles. The summed E-state index contributed by atoms with van der Waals surface area (Å²) < 4.78 is 41.3. The third-order valence-corrected chi connectivity index (χ3v) is 6.77. The number of halogens is 2. The zero-order chi connectivity index (χ0) is 28.1. The molecule has 0 aliphatic carbocycles. The topological polar surface area (TPSA) is 154 Å². The fourth-order valence-electron chi connectivity index (χ4n) is 3.71. The molecule has 0 fully saturated rings. The molecule has 1 atom stereocenters. The predicted octanol–water partition coefficient (Wildman–Crippen LogP) is 4.91. The molecule has 1 aromatic heterocycles. The summed E-state index contributed by atoms with van der Waals surface area (Å²) in [6.45, 7) is 0.568. The lowest BCUT2D eigenvalue weighted by Crippen LogP contribution is -2.19. The minimum Gasteiger partial charge on any atom is -0.504 e. The van der Waals surface area contributed by atoms with Crippen LogP contribution in [0.15, 0.2) is 52.5 Å². The summed E-state index contributed by atoms with van der Waals surface area (Å²) in [5.41, 5.74) is 6.24. The maximum Gasteiger partial charge on any atom is 0.303 e. The van der Waals surface area contributed by atoms with Crippen LogP contribution >= 0.6 is 11.8 Å². The highest BCUT2D eigenvalue weighted by atomic mass is 32.2. The summed E-state index contributed by atoms with van der Waals surface area (Å²) in [5, 5.41) is 26.5. The number of aromatic hydroxyl groups is 1. The third kappa shape index (κ3) is 6.62. The van der Waals surface area contributed by atoms with Gasteiger partial charge in [0.1, 0.15) is 17.8 Å². The molecular weight excluding hydrogens is 532 g/mol. The molecule has 3 aromatic rings. The van der Waals surface area contributed by atoms with Crippen LogP contribution in [0, 0.1) is 17.0 Å². The Morgan fingerprint density at radius 3 is 2.72 bits per heavy atom. The van der Waals surface area contributed by atoms with E-state index in [2.05, 4.69) is 9.98 Å². The van der Waals surface area contributed by atoms with Crippen molar-refractivity contribution in [2.24, 2.45) is 10.7 Å². The van der Waals surface area contributed by atoms with Gasteiger partial charge in [-0.1, -0.05) is 0 Å². The van der Waals surface area contributed by atoms with E-state index in [1.807, 2.05) is 11.9 Å². The number of aliphatic imine (C=N–C) groups is 1. The van der Waals surface area contributed by atoms with Crippen LogP contribution in [0.2, 0.25) is 0 Å². The van der Waals surface area contributed by atoms with Gasteiger partial charge < -0.3 is 25.4 Å². The van der Waals surface area contributed by atoms with Crippen molar-refractivity contribution in [3.8, 4) is 28.9 Å². The number of carboxylic acid groups (broad SMARTS) is 1. The highest BCUT2D eigenvalue weighted by Gasteiger charge is 2.26. The Hall–Kier alpha value is -4.23. The van der Waals surface area contributed by atoms with Crippen LogP contribution in [0.4, 0.5) is 8.78 Å². The first kappa shape index (κ1) is 27.8. The summed E-state index contributed by atoms with van der Waals surface area (Å²) in [4.78, 5) is 21.6. The SMILES string of the molecule is CN1CC=NC1c1cc(SCCCC(=O)O)ccc1Oc1c(F)cnc(Oc2cc(C(=N)N)ccc2O)c1F. The fraction of sp³-hybridized carbons (Fsp3) is 0.231. The molecule has 13 heteroatoms. The number of hydrogen-bond acceptors (Lipinski definition) is 9. The first-order valence-corrected chi connectivity index (χ1v) is 12.7. The molecule has 0 radical (unpaired) electrons. The molecule has 204 valence electrons. The van der Waals surface area contributed by atoms with Crippen LogP contribution in [0.3, 0.4) is 0 Å². The van der Waals surface area contributed by atoms with Gasteiger partial charge in [0.25, 0.3) is 5.88 Å². The second-order valence-corrected chi connectivity index (χ2v) is 9.71. The van der Waals surface area contributed by atoms with E-state index in [-0.39, 0.29) is 35.1 Å². The van der Waals surface area contributed by atoms with E-state index in [4.69, 9.17) is 25.7 Å². The Labute approximate surface area is 226 Å². The van der Waals surface area contributed by atoms with Crippen LogP contribution in [0.5, 0.6) is 28.9 Å².